The fraction of sp³-hybridized carbons (Fsp3) is 0.429. The van der Waals surface area contributed by atoms with Gasteiger partial charge in [0.05, 0.1) is 14.2 Å². The van der Waals surface area contributed by atoms with Crippen molar-refractivity contribution in [2.75, 3.05) is 14.2 Å². The average Bonchev–Trinajstić information content (AvgIpc) is 2.40. The molecular weight excluding hydrogens is 287 g/mol. The molecule has 1 heterocycles. The van der Waals surface area contributed by atoms with Crippen LogP contribution in [0.3, 0.4) is 0 Å². The largest absolute Gasteiger partial charge is 0.480 e. The summed E-state index contributed by atoms with van der Waals surface area (Å²) in [5.74, 6) is 0.101. The van der Waals surface area contributed by atoms with E-state index in [4.69, 9.17) is 4.74 Å². The number of methoxy groups -OCH3 is 2. The molecule has 72 valence electrons. The number of esters is 1. The zero-order valence-corrected chi connectivity index (χ0v) is 9.65. The Labute approximate surface area is 89.1 Å². The Kier molecular flexibility index (Phi) is 3.12. The molecule has 0 saturated carbocycles. The number of ether oxygens (including phenoxy) is 2. The maximum atomic E-state index is 11.2. The van der Waals surface area contributed by atoms with Gasteiger partial charge in [-0.2, -0.15) is 5.10 Å². The van der Waals surface area contributed by atoms with Crippen LogP contribution >= 0.6 is 22.6 Å². The van der Waals surface area contributed by atoms with Gasteiger partial charge < -0.3 is 9.47 Å². The molecule has 5 nitrogen and oxygen atoms in total. The topological polar surface area (TPSA) is 53.3 Å². The monoisotopic (exact) mass is 296 g/mol. The first-order valence-corrected chi connectivity index (χ1v) is 4.54. The van der Waals surface area contributed by atoms with E-state index in [1.807, 2.05) is 22.6 Å². The summed E-state index contributed by atoms with van der Waals surface area (Å²) < 4.78 is 11.7. The quantitative estimate of drug-likeness (QED) is 0.599. The number of hydrogen-bond donors (Lipinski definition) is 0. The number of aryl methyl sites for hydroxylation is 1. The Bertz CT molecular complexity index is 335. The third-order valence-electron chi connectivity index (χ3n) is 1.51. The molecular formula is C7H9IN2O3. The summed E-state index contributed by atoms with van der Waals surface area (Å²) in [7, 11) is 4.55. The molecule has 0 N–H and O–H groups in total. The van der Waals surface area contributed by atoms with Crippen molar-refractivity contribution in [2.24, 2.45) is 7.05 Å². The minimum absolute atomic E-state index is 0.280. The number of nitrogens with zero attached hydrogens (tertiary/aromatic N) is 2. The summed E-state index contributed by atoms with van der Waals surface area (Å²) >= 11 is 1.99. The molecule has 13 heavy (non-hydrogen) atoms. The van der Waals surface area contributed by atoms with Crippen molar-refractivity contribution in [1.29, 1.82) is 0 Å². The Morgan fingerprint density at radius 2 is 2.15 bits per heavy atom. The molecule has 0 aliphatic heterocycles. The van der Waals surface area contributed by atoms with Crippen molar-refractivity contribution < 1.29 is 14.3 Å². The van der Waals surface area contributed by atoms with Crippen LogP contribution < -0.4 is 4.74 Å². The predicted molar refractivity (Wildman–Crippen MR) is 53.8 cm³/mol. The number of carbonyl (C=O) groups excluding carboxylic acids is 1. The first kappa shape index (κ1) is 10.3. The molecule has 0 amide bonds. The smallest absolute Gasteiger partial charge is 0.359 e. The Morgan fingerprint density at radius 1 is 1.54 bits per heavy atom. The van der Waals surface area contributed by atoms with Gasteiger partial charge in [-0.25, -0.2) is 9.48 Å². The molecule has 1 aromatic rings. The van der Waals surface area contributed by atoms with Gasteiger partial charge in [-0.1, -0.05) is 0 Å². The van der Waals surface area contributed by atoms with Crippen LogP contribution in [0, 0.1) is 3.57 Å². The molecule has 1 aromatic heterocycles. The van der Waals surface area contributed by atoms with Gasteiger partial charge in [0.1, 0.15) is 3.57 Å². The van der Waals surface area contributed by atoms with E-state index >= 15 is 0 Å². The first-order chi connectivity index (χ1) is 6.11. The van der Waals surface area contributed by atoms with Gasteiger partial charge in [0.15, 0.2) is 5.69 Å². The normalized spacial score (nSPS) is 9.85. The summed E-state index contributed by atoms with van der Waals surface area (Å²) in [5, 5.41) is 3.96. The van der Waals surface area contributed by atoms with Crippen LogP contribution in [-0.4, -0.2) is 30.0 Å². The van der Waals surface area contributed by atoms with E-state index in [0.717, 1.165) is 0 Å². The molecule has 0 unspecified atom stereocenters. The molecule has 0 bridgehead atoms. The van der Waals surface area contributed by atoms with Gasteiger partial charge in [0, 0.05) is 7.05 Å². The Balaban J connectivity index is 3.18. The molecule has 0 atom stereocenters. The van der Waals surface area contributed by atoms with E-state index < -0.39 is 5.97 Å². The standard InChI is InChI=1S/C7H9IN2O3/c1-10-6(12-2)4(8)5(9-10)7(11)13-3/h1-3H3. The second-order valence-electron chi connectivity index (χ2n) is 2.29. The number of halogens is 1. The number of rotatable bonds is 2. The molecule has 0 radical (unpaired) electrons. The van der Waals surface area contributed by atoms with Gasteiger partial charge in [-0.05, 0) is 22.6 Å². The molecule has 0 aliphatic rings. The van der Waals surface area contributed by atoms with Gasteiger partial charge in [-0.15, -0.1) is 0 Å². The lowest BCUT2D eigenvalue weighted by molar-refractivity contribution is 0.0592. The highest BCUT2D eigenvalue weighted by Crippen LogP contribution is 2.23. The van der Waals surface area contributed by atoms with Crippen molar-refractivity contribution in [2.45, 2.75) is 0 Å². The van der Waals surface area contributed by atoms with Crippen LogP contribution in [0.25, 0.3) is 0 Å². The van der Waals surface area contributed by atoms with E-state index in [1.54, 1.807) is 7.05 Å². The zero-order valence-electron chi connectivity index (χ0n) is 7.50. The lowest BCUT2D eigenvalue weighted by Gasteiger charge is -1.97. The molecule has 0 aliphatic carbocycles. The molecule has 0 spiro atoms. The van der Waals surface area contributed by atoms with Crippen LogP contribution in [0.1, 0.15) is 10.5 Å². The third-order valence-corrected chi connectivity index (χ3v) is 2.48. The van der Waals surface area contributed by atoms with Gasteiger partial charge >= 0.3 is 5.97 Å². The summed E-state index contributed by atoms with van der Waals surface area (Å²) in [6.07, 6.45) is 0. The lowest BCUT2D eigenvalue weighted by Crippen LogP contribution is -2.04. The van der Waals surface area contributed by atoms with E-state index in [2.05, 4.69) is 9.84 Å². The SMILES string of the molecule is COC(=O)c1nn(C)c(OC)c1I. The fourth-order valence-corrected chi connectivity index (χ4v) is 1.83. The second-order valence-corrected chi connectivity index (χ2v) is 3.37. The van der Waals surface area contributed by atoms with Crippen molar-refractivity contribution in [3.05, 3.63) is 9.26 Å². The fourth-order valence-electron chi connectivity index (χ4n) is 0.931. The second kappa shape index (κ2) is 3.95. The highest BCUT2D eigenvalue weighted by atomic mass is 127. The maximum absolute atomic E-state index is 11.2. The van der Waals surface area contributed by atoms with Crippen LogP contribution in [0.2, 0.25) is 0 Å². The Morgan fingerprint density at radius 3 is 2.54 bits per heavy atom. The first-order valence-electron chi connectivity index (χ1n) is 3.46. The van der Waals surface area contributed by atoms with E-state index in [0.29, 0.717) is 9.45 Å². The molecule has 6 heteroatoms. The summed E-state index contributed by atoms with van der Waals surface area (Å²) in [6, 6.07) is 0. The number of aromatic nitrogens is 2. The Hall–Kier alpha value is -0.790. The molecule has 1 rings (SSSR count). The average molecular weight is 296 g/mol. The van der Waals surface area contributed by atoms with Crippen LogP contribution in [0.15, 0.2) is 0 Å². The van der Waals surface area contributed by atoms with Crippen LogP contribution in [0.5, 0.6) is 5.88 Å². The van der Waals surface area contributed by atoms with Crippen molar-refractivity contribution >= 4 is 28.6 Å². The minimum atomic E-state index is -0.455. The minimum Gasteiger partial charge on any atom is -0.480 e. The van der Waals surface area contributed by atoms with Crippen LogP contribution in [0.4, 0.5) is 0 Å². The summed E-state index contributed by atoms with van der Waals surface area (Å²) in [6.45, 7) is 0. The third kappa shape index (κ3) is 1.77. The molecule has 0 aromatic carbocycles. The van der Waals surface area contributed by atoms with E-state index in [-0.39, 0.29) is 5.69 Å². The van der Waals surface area contributed by atoms with Crippen molar-refractivity contribution in [1.82, 2.24) is 9.78 Å². The number of carbonyl (C=O) groups is 1. The lowest BCUT2D eigenvalue weighted by atomic mass is 10.4. The van der Waals surface area contributed by atoms with Gasteiger partial charge in [0.25, 0.3) is 0 Å². The summed E-state index contributed by atoms with van der Waals surface area (Å²) in [5.41, 5.74) is 0.280. The maximum Gasteiger partial charge on any atom is 0.359 e. The van der Waals surface area contributed by atoms with E-state index in [1.165, 1.54) is 18.9 Å². The predicted octanol–water partition coefficient (Wildman–Crippen LogP) is 0.820. The molecule has 0 saturated heterocycles. The van der Waals surface area contributed by atoms with Gasteiger partial charge in [-0.3, -0.25) is 0 Å². The zero-order chi connectivity index (χ0) is 10.0. The summed E-state index contributed by atoms with van der Waals surface area (Å²) in [4.78, 5) is 11.2. The highest BCUT2D eigenvalue weighted by molar-refractivity contribution is 14.1. The molecule has 0 fully saturated rings. The van der Waals surface area contributed by atoms with Gasteiger partial charge in [0.2, 0.25) is 5.88 Å². The van der Waals surface area contributed by atoms with Crippen LogP contribution in [-0.2, 0) is 11.8 Å². The van der Waals surface area contributed by atoms with E-state index in [9.17, 15) is 4.79 Å². The number of hydrogen-bond acceptors (Lipinski definition) is 4. The van der Waals surface area contributed by atoms with Crippen molar-refractivity contribution in [3.8, 4) is 5.88 Å². The highest BCUT2D eigenvalue weighted by Gasteiger charge is 2.20. The van der Waals surface area contributed by atoms with Crippen molar-refractivity contribution in [3.63, 3.8) is 0 Å².